The second-order valence-corrected chi connectivity index (χ2v) is 8.00. The molecule has 0 radical (unpaired) electrons. The fourth-order valence-corrected chi connectivity index (χ4v) is 3.67. The topological polar surface area (TPSA) is 53.2 Å². The van der Waals surface area contributed by atoms with Gasteiger partial charge in [-0.15, -0.1) is 0 Å². The van der Waals surface area contributed by atoms with Crippen LogP contribution in [0.5, 0.6) is 0 Å². The molecule has 1 heterocycles. The molecular weight excluding hydrogens is 366 g/mol. The van der Waals surface area contributed by atoms with Gasteiger partial charge in [-0.05, 0) is 67.2 Å². The van der Waals surface area contributed by atoms with Crippen molar-refractivity contribution in [3.05, 3.63) is 76.0 Å². The van der Waals surface area contributed by atoms with E-state index in [0.29, 0.717) is 16.6 Å². The van der Waals surface area contributed by atoms with Crippen LogP contribution in [0.4, 0.5) is 5.69 Å². The summed E-state index contributed by atoms with van der Waals surface area (Å²) < 4.78 is 0. The highest BCUT2D eigenvalue weighted by atomic mass is 32.1. The minimum absolute atomic E-state index is 0.133. The minimum Gasteiger partial charge on any atom is -0.351 e. The van der Waals surface area contributed by atoms with Crippen molar-refractivity contribution in [1.82, 2.24) is 10.6 Å². The van der Waals surface area contributed by atoms with Crippen molar-refractivity contribution >= 4 is 28.9 Å². The van der Waals surface area contributed by atoms with Crippen LogP contribution in [0, 0.1) is 13.8 Å². The first-order chi connectivity index (χ1) is 13.3. The number of carbonyl (C=O) groups is 1. The maximum Gasteiger partial charge on any atom is 0.255 e. The molecule has 2 aromatic rings. The highest BCUT2D eigenvalue weighted by molar-refractivity contribution is 7.80. The van der Waals surface area contributed by atoms with Crippen LogP contribution in [0.25, 0.3) is 0 Å². The Kier molecular flexibility index (Phi) is 5.84. The van der Waals surface area contributed by atoms with Crippen LogP contribution in [-0.4, -0.2) is 11.0 Å². The van der Waals surface area contributed by atoms with Crippen LogP contribution < -0.4 is 16.0 Å². The summed E-state index contributed by atoms with van der Waals surface area (Å²) in [5, 5.41) is 9.95. The number of hydrogen-bond acceptors (Lipinski definition) is 2. The lowest BCUT2D eigenvalue weighted by Gasteiger charge is -2.30. The first-order valence-corrected chi connectivity index (χ1v) is 9.94. The van der Waals surface area contributed by atoms with Crippen molar-refractivity contribution in [1.29, 1.82) is 0 Å². The standard InChI is InChI=1S/C23H27N3OS/c1-13(2)17-9-11-18(12-10-17)21-20(16(5)24-23(28)26-21)22(27)25-19-8-6-7-14(3)15(19)4/h6-13,21H,1-5H3,(H,25,27)(H2,24,26,28). The van der Waals surface area contributed by atoms with Crippen molar-refractivity contribution < 1.29 is 4.79 Å². The molecule has 0 saturated heterocycles. The molecule has 0 aliphatic carbocycles. The molecule has 0 aromatic heterocycles. The van der Waals surface area contributed by atoms with Gasteiger partial charge in [0.05, 0.1) is 11.6 Å². The van der Waals surface area contributed by atoms with E-state index in [0.717, 1.165) is 28.1 Å². The zero-order valence-corrected chi connectivity index (χ0v) is 17.8. The number of amides is 1. The first kappa shape index (κ1) is 20.1. The third-order valence-corrected chi connectivity index (χ3v) is 5.52. The summed E-state index contributed by atoms with van der Waals surface area (Å²) in [6, 6.07) is 14.0. The molecule has 1 unspecified atom stereocenters. The van der Waals surface area contributed by atoms with Gasteiger partial charge >= 0.3 is 0 Å². The van der Waals surface area contributed by atoms with Crippen LogP contribution in [0.1, 0.15) is 55.0 Å². The van der Waals surface area contributed by atoms with Crippen LogP contribution in [-0.2, 0) is 4.79 Å². The summed E-state index contributed by atoms with van der Waals surface area (Å²) >= 11 is 5.35. The quantitative estimate of drug-likeness (QED) is 0.650. The third kappa shape index (κ3) is 4.09. The van der Waals surface area contributed by atoms with E-state index in [2.05, 4.69) is 54.1 Å². The molecule has 0 spiro atoms. The zero-order chi connectivity index (χ0) is 20.4. The number of thiocarbonyl (C=S) groups is 1. The van der Waals surface area contributed by atoms with Crippen LogP contribution in [0.2, 0.25) is 0 Å². The number of nitrogens with one attached hydrogen (secondary N) is 3. The minimum atomic E-state index is -0.292. The summed E-state index contributed by atoms with van der Waals surface area (Å²) in [5.74, 6) is 0.326. The molecule has 3 N–H and O–H groups in total. The Morgan fingerprint density at radius 1 is 1.07 bits per heavy atom. The molecule has 4 nitrogen and oxygen atoms in total. The van der Waals surface area contributed by atoms with E-state index in [-0.39, 0.29) is 11.9 Å². The molecule has 3 rings (SSSR count). The van der Waals surface area contributed by atoms with Gasteiger partial charge in [-0.25, -0.2) is 0 Å². The summed E-state index contributed by atoms with van der Waals surface area (Å²) in [6.45, 7) is 10.3. The maximum absolute atomic E-state index is 13.2. The van der Waals surface area contributed by atoms with Gasteiger partial charge in [-0.3, -0.25) is 4.79 Å². The number of rotatable bonds is 4. The van der Waals surface area contributed by atoms with Gasteiger partial charge in [0, 0.05) is 11.4 Å². The molecule has 1 atom stereocenters. The lowest BCUT2D eigenvalue weighted by molar-refractivity contribution is -0.113. The molecular formula is C23H27N3OS. The maximum atomic E-state index is 13.2. The van der Waals surface area contributed by atoms with E-state index in [1.807, 2.05) is 39.0 Å². The Labute approximate surface area is 172 Å². The van der Waals surface area contributed by atoms with Crippen molar-refractivity contribution in [2.45, 2.75) is 46.6 Å². The molecule has 0 saturated carbocycles. The molecule has 5 heteroatoms. The van der Waals surface area contributed by atoms with Crippen LogP contribution in [0.3, 0.4) is 0 Å². The zero-order valence-electron chi connectivity index (χ0n) is 17.0. The average molecular weight is 394 g/mol. The van der Waals surface area contributed by atoms with Crippen molar-refractivity contribution in [2.24, 2.45) is 0 Å². The highest BCUT2D eigenvalue weighted by Gasteiger charge is 2.30. The number of hydrogen-bond donors (Lipinski definition) is 3. The molecule has 2 aromatic carbocycles. The Balaban J connectivity index is 1.95. The monoisotopic (exact) mass is 393 g/mol. The Morgan fingerprint density at radius 2 is 1.75 bits per heavy atom. The third-order valence-electron chi connectivity index (χ3n) is 5.30. The number of aryl methyl sites for hydroxylation is 1. The van der Waals surface area contributed by atoms with Crippen molar-refractivity contribution in [3.8, 4) is 0 Å². The fraction of sp³-hybridized carbons (Fsp3) is 0.304. The SMILES string of the molecule is CC1=C(C(=O)Nc2cccc(C)c2C)C(c2ccc(C(C)C)cc2)NC(=S)N1. The molecule has 28 heavy (non-hydrogen) atoms. The van der Waals surface area contributed by atoms with E-state index in [1.54, 1.807) is 0 Å². The molecule has 1 aliphatic heterocycles. The number of benzene rings is 2. The summed E-state index contributed by atoms with van der Waals surface area (Å²) in [6.07, 6.45) is 0. The highest BCUT2D eigenvalue weighted by Crippen LogP contribution is 2.29. The van der Waals surface area contributed by atoms with E-state index in [9.17, 15) is 4.79 Å². The predicted octanol–water partition coefficient (Wildman–Crippen LogP) is 4.86. The second kappa shape index (κ2) is 8.15. The molecule has 0 bridgehead atoms. The molecule has 0 fully saturated rings. The number of carbonyl (C=O) groups excluding carboxylic acids is 1. The fourth-order valence-electron chi connectivity index (χ4n) is 3.39. The van der Waals surface area contributed by atoms with Gasteiger partial charge < -0.3 is 16.0 Å². The largest absolute Gasteiger partial charge is 0.351 e. The van der Waals surface area contributed by atoms with Crippen molar-refractivity contribution in [3.63, 3.8) is 0 Å². The Morgan fingerprint density at radius 3 is 2.39 bits per heavy atom. The molecule has 146 valence electrons. The summed E-state index contributed by atoms with van der Waals surface area (Å²) in [5.41, 5.74) is 6.73. The average Bonchev–Trinajstić information content (AvgIpc) is 2.64. The van der Waals surface area contributed by atoms with E-state index < -0.39 is 0 Å². The van der Waals surface area contributed by atoms with Crippen molar-refractivity contribution in [2.75, 3.05) is 5.32 Å². The van der Waals surface area contributed by atoms with E-state index in [1.165, 1.54) is 5.56 Å². The number of anilines is 1. The molecule has 1 amide bonds. The van der Waals surface area contributed by atoms with Gasteiger partial charge in [0.1, 0.15) is 0 Å². The van der Waals surface area contributed by atoms with Crippen LogP contribution in [0.15, 0.2) is 53.7 Å². The second-order valence-electron chi connectivity index (χ2n) is 7.59. The molecule has 1 aliphatic rings. The first-order valence-electron chi connectivity index (χ1n) is 9.53. The van der Waals surface area contributed by atoms with Gasteiger partial charge in [0.2, 0.25) is 0 Å². The van der Waals surface area contributed by atoms with Gasteiger partial charge in [0.15, 0.2) is 5.11 Å². The van der Waals surface area contributed by atoms with Gasteiger partial charge in [-0.2, -0.15) is 0 Å². The number of allylic oxidation sites excluding steroid dienone is 1. The van der Waals surface area contributed by atoms with E-state index in [4.69, 9.17) is 12.2 Å². The normalized spacial score (nSPS) is 16.6. The predicted molar refractivity (Wildman–Crippen MR) is 119 cm³/mol. The van der Waals surface area contributed by atoms with Gasteiger partial charge in [0.25, 0.3) is 5.91 Å². The van der Waals surface area contributed by atoms with Gasteiger partial charge in [-0.1, -0.05) is 50.2 Å². The summed E-state index contributed by atoms with van der Waals surface area (Å²) in [4.78, 5) is 13.2. The smallest absolute Gasteiger partial charge is 0.255 e. The van der Waals surface area contributed by atoms with Crippen LogP contribution >= 0.6 is 12.2 Å². The lowest BCUT2D eigenvalue weighted by atomic mass is 9.92. The van der Waals surface area contributed by atoms with E-state index >= 15 is 0 Å². The Hall–Kier alpha value is -2.66. The lowest BCUT2D eigenvalue weighted by Crippen LogP contribution is -2.45. The Bertz CT molecular complexity index is 945. The summed E-state index contributed by atoms with van der Waals surface area (Å²) in [7, 11) is 0.